The Balaban J connectivity index is 1.62. The standard InChI is InChI=1S/C22H28N4O2S/c1-4-25(5-2)29(27,28)22-13-9-20(10-14-22)18(3)23-17-19-7-11-21(12-8-19)26-16-6-15-24-26/h6-16,18,23H,4-5,17H2,1-3H3. The van der Waals surface area contributed by atoms with Crippen LogP contribution in [0, 0.1) is 0 Å². The largest absolute Gasteiger partial charge is 0.306 e. The summed E-state index contributed by atoms with van der Waals surface area (Å²) < 4.78 is 28.5. The maximum absolute atomic E-state index is 12.6. The summed E-state index contributed by atoms with van der Waals surface area (Å²) in [6.45, 7) is 7.44. The highest BCUT2D eigenvalue weighted by molar-refractivity contribution is 7.89. The zero-order valence-electron chi connectivity index (χ0n) is 17.1. The number of sulfonamides is 1. The second kappa shape index (κ2) is 9.35. The zero-order chi connectivity index (χ0) is 20.9. The van der Waals surface area contributed by atoms with E-state index in [2.05, 4.69) is 29.5 Å². The highest BCUT2D eigenvalue weighted by Gasteiger charge is 2.21. The lowest BCUT2D eigenvalue weighted by Crippen LogP contribution is -2.30. The van der Waals surface area contributed by atoms with Gasteiger partial charge in [0.15, 0.2) is 0 Å². The fraction of sp³-hybridized carbons (Fsp3) is 0.318. The minimum absolute atomic E-state index is 0.103. The lowest BCUT2D eigenvalue weighted by Gasteiger charge is -2.19. The van der Waals surface area contributed by atoms with Crippen LogP contribution in [0.4, 0.5) is 0 Å². The van der Waals surface area contributed by atoms with Crippen LogP contribution < -0.4 is 5.32 Å². The van der Waals surface area contributed by atoms with Gasteiger partial charge in [-0.15, -0.1) is 0 Å². The lowest BCUT2D eigenvalue weighted by molar-refractivity contribution is 0.445. The maximum atomic E-state index is 12.6. The van der Waals surface area contributed by atoms with Gasteiger partial charge in [-0.05, 0) is 48.4 Å². The predicted octanol–water partition coefficient (Wildman–Crippen LogP) is 3.75. The topological polar surface area (TPSA) is 67.2 Å². The molecule has 0 aliphatic rings. The van der Waals surface area contributed by atoms with Crippen LogP contribution in [0.3, 0.4) is 0 Å². The van der Waals surface area contributed by atoms with E-state index in [1.807, 2.05) is 55.1 Å². The van der Waals surface area contributed by atoms with Gasteiger partial charge in [-0.25, -0.2) is 13.1 Å². The molecule has 0 aliphatic heterocycles. The molecule has 29 heavy (non-hydrogen) atoms. The van der Waals surface area contributed by atoms with E-state index < -0.39 is 10.0 Å². The number of benzene rings is 2. The molecule has 3 aromatic rings. The molecule has 1 unspecified atom stereocenters. The van der Waals surface area contributed by atoms with E-state index in [1.165, 1.54) is 9.87 Å². The van der Waals surface area contributed by atoms with Crippen molar-refractivity contribution in [2.75, 3.05) is 13.1 Å². The van der Waals surface area contributed by atoms with E-state index in [1.54, 1.807) is 18.3 Å². The van der Waals surface area contributed by atoms with Crippen molar-refractivity contribution in [1.82, 2.24) is 19.4 Å². The van der Waals surface area contributed by atoms with Gasteiger partial charge in [0.1, 0.15) is 0 Å². The Morgan fingerprint density at radius 2 is 1.69 bits per heavy atom. The minimum atomic E-state index is -3.42. The molecule has 1 aromatic heterocycles. The monoisotopic (exact) mass is 412 g/mol. The van der Waals surface area contributed by atoms with Crippen LogP contribution in [0.5, 0.6) is 0 Å². The molecule has 0 amide bonds. The Bertz CT molecular complexity index is 994. The number of hydrogen-bond acceptors (Lipinski definition) is 4. The summed E-state index contributed by atoms with van der Waals surface area (Å²) >= 11 is 0. The molecule has 0 fully saturated rings. The van der Waals surface area contributed by atoms with Crippen LogP contribution in [0.1, 0.15) is 37.9 Å². The van der Waals surface area contributed by atoms with E-state index in [0.29, 0.717) is 18.0 Å². The maximum Gasteiger partial charge on any atom is 0.243 e. The molecule has 0 radical (unpaired) electrons. The van der Waals surface area contributed by atoms with Gasteiger partial charge in [0.2, 0.25) is 10.0 Å². The second-order valence-corrected chi connectivity index (χ2v) is 8.82. The minimum Gasteiger partial charge on any atom is -0.306 e. The van der Waals surface area contributed by atoms with Crippen molar-refractivity contribution in [2.24, 2.45) is 0 Å². The molecule has 6 nitrogen and oxygen atoms in total. The molecule has 1 N–H and O–H groups in total. The highest BCUT2D eigenvalue weighted by atomic mass is 32.2. The SMILES string of the molecule is CCN(CC)S(=O)(=O)c1ccc(C(C)NCc2ccc(-n3cccn3)cc2)cc1. The summed E-state index contributed by atoms with van der Waals surface area (Å²) in [5, 5.41) is 7.72. The third-order valence-corrected chi connectivity index (χ3v) is 7.11. The van der Waals surface area contributed by atoms with Crippen LogP contribution in [-0.4, -0.2) is 35.6 Å². The molecular formula is C22H28N4O2S. The van der Waals surface area contributed by atoms with Crippen molar-refractivity contribution in [1.29, 1.82) is 0 Å². The van der Waals surface area contributed by atoms with E-state index in [9.17, 15) is 8.42 Å². The molecule has 0 saturated heterocycles. The van der Waals surface area contributed by atoms with Crippen molar-refractivity contribution in [2.45, 2.75) is 38.3 Å². The van der Waals surface area contributed by atoms with Gasteiger partial charge in [-0.1, -0.05) is 38.1 Å². The van der Waals surface area contributed by atoms with Crippen LogP contribution >= 0.6 is 0 Å². The predicted molar refractivity (Wildman–Crippen MR) is 115 cm³/mol. The molecule has 7 heteroatoms. The molecule has 0 saturated carbocycles. The first-order valence-corrected chi connectivity index (χ1v) is 11.3. The summed E-state index contributed by atoms with van der Waals surface area (Å²) in [4.78, 5) is 0.339. The van der Waals surface area contributed by atoms with Gasteiger partial charge in [-0.3, -0.25) is 0 Å². The van der Waals surface area contributed by atoms with Crippen molar-refractivity contribution in [3.63, 3.8) is 0 Å². The zero-order valence-corrected chi connectivity index (χ0v) is 17.9. The van der Waals surface area contributed by atoms with E-state index >= 15 is 0 Å². The van der Waals surface area contributed by atoms with Gasteiger partial charge in [0, 0.05) is 38.1 Å². The van der Waals surface area contributed by atoms with Crippen LogP contribution in [0.2, 0.25) is 0 Å². The van der Waals surface area contributed by atoms with E-state index in [4.69, 9.17) is 0 Å². The van der Waals surface area contributed by atoms with Crippen LogP contribution in [-0.2, 0) is 16.6 Å². The summed E-state index contributed by atoms with van der Waals surface area (Å²) in [5.41, 5.74) is 3.25. The van der Waals surface area contributed by atoms with Crippen molar-refractivity contribution < 1.29 is 8.42 Å². The molecular weight excluding hydrogens is 384 g/mol. The first-order chi connectivity index (χ1) is 14.0. The van der Waals surface area contributed by atoms with Crippen LogP contribution in [0.25, 0.3) is 5.69 Å². The summed E-state index contributed by atoms with van der Waals surface area (Å²) in [5.74, 6) is 0. The number of hydrogen-bond donors (Lipinski definition) is 1. The first-order valence-electron chi connectivity index (χ1n) is 9.88. The van der Waals surface area contributed by atoms with Gasteiger partial charge in [0.05, 0.1) is 10.6 Å². The average molecular weight is 413 g/mol. The van der Waals surface area contributed by atoms with E-state index in [0.717, 1.165) is 17.8 Å². The van der Waals surface area contributed by atoms with Gasteiger partial charge in [0.25, 0.3) is 0 Å². The smallest absolute Gasteiger partial charge is 0.243 e. The van der Waals surface area contributed by atoms with Crippen LogP contribution in [0.15, 0.2) is 71.9 Å². The molecule has 0 spiro atoms. The Morgan fingerprint density at radius 1 is 1.03 bits per heavy atom. The Morgan fingerprint density at radius 3 is 2.24 bits per heavy atom. The number of rotatable bonds is 9. The quantitative estimate of drug-likeness (QED) is 0.581. The van der Waals surface area contributed by atoms with Crippen molar-refractivity contribution in [3.05, 3.63) is 78.1 Å². The number of nitrogens with zero attached hydrogens (tertiary/aromatic N) is 3. The first kappa shape index (κ1) is 21.2. The van der Waals surface area contributed by atoms with Gasteiger partial charge >= 0.3 is 0 Å². The van der Waals surface area contributed by atoms with Crippen molar-refractivity contribution in [3.8, 4) is 5.69 Å². The normalized spacial score (nSPS) is 13.0. The molecule has 2 aromatic carbocycles. The number of nitrogens with one attached hydrogen (secondary N) is 1. The Kier molecular flexibility index (Phi) is 6.84. The third kappa shape index (κ3) is 4.93. The van der Waals surface area contributed by atoms with E-state index in [-0.39, 0.29) is 6.04 Å². The fourth-order valence-electron chi connectivity index (χ4n) is 3.22. The molecule has 1 heterocycles. The molecule has 1 atom stereocenters. The Labute approximate surface area is 173 Å². The second-order valence-electron chi connectivity index (χ2n) is 6.88. The number of aromatic nitrogens is 2. The van der Waals surface area contributed by atoms with Crippen molar-refractivity contribution >= 4 is 10.0 Å². The molecule has 0 bridgehead atoms. The highest BCUT2D eigenvalue weighted by Crippen LogP contribution is 2.20. The van der Waals surface area contributed by atoms with Gasteiger partial charge in [-0.2, -0.15) is 9.40 Å². The third-order valence-electron chi connectivity index (χ3n) is 5.04. The summed E-state index contributed by atoms with van der Waals surface area (Å²) in [6, 6.07) is 17.4. The summed E-state index contributed by atoms with van der Waals surface area (Å²) in [7, 11) is -3.42. The van der Waals surface area contributed by atoms with Gasteiger partial charge < -0.3 is 5.32 Å². The fourth-order valence-corrected chi connectivity index (χ4v) is 4.68. The average Bonchev–Trinajstić information content (AvgIpc) is 3.28. The molecule has 3 rings (SSSR count). The lowest BCUT2D eigenvalue weighted by atomic mass is 10.1. The molecule has 154 valence electrons. The molecule has 0 aliphatic carbocycles. The summed E-state index contributed by atoms with van der Waals surface area (Å²) in [6.07, 6.45) is 3.68. The Hall–Kier alpha value is -2.48.